The summed E-state index contributed by atoms with van der Waals surface area (Å²) in [7, 11) is 0. The highest BCUT2D eigenvalue weighted by Crippen LogP contribution is 2.30. The van der Waals surface area contributed by atoms with Gasteiger partial charge in [0.2, 0.25) is 0 Å². The summed E-state index contributed by atoms with van der Waals surface area (Å²) in [5, 5.41) is 12.2. The normalized spacial score (nSPS) is 16.7. The van der Waals surface area contributed by atoms with E-state index in [2.05, 4.69) is 57.0 Å². The van der Waals surface area contributed by atoms with Gasteiger partial charge in [0.15, 0.2) is 5.65 Å². The fourth-order valence-electron chi connectivity index (χ4n) is 4.02. The minimum Gasteiger partial charge on any atom is -0.370 e. The van der Waals surface area contributed by atoms with Gasteiger partial charge in [-0.15, -0.1) is 0 Å². The Kier molecular flexibility index (Phi) is 6.72. The van der Waals surface area contributed by atoms with Crippen LogP contribution in [0.3, 0.4) is 0 Å². The van der Waals surface area contributed by atoms with Crippen LogP contribution in [0.2, 0.25) is 5.02 Å². The van der Waals surface area contributed by atoms with Crippen molar-refractivity contribution < 1.29 is 0 Å². The highest BCUT2D eigenvalue weighted by molar-refractivity contribution is 9.10. The lowest BCUT2D eigenvalue weighted by Crippen LogP contribution is -2.42. The molecule has 1 unspecified atom stereocenters. The van der Waals surface area contributed by atoms with E-state index in [1.54, 1.807) is 6.20 Å². The summed E-state index contributed by atoms with van der Waals surface area (Å²) in [6.07, 6.45) is 4.12. The van der Waals surface area contributed by atoms with Crippen LogP contribution < -0.4 is 10.6 Å². The molecule has 1 aliphatic heterocycles. The zero-order valence-electron chi connectivity index (χ0n) is 17.9. The topological polar surface area (TPSA) is 57.5 Å². The second-order valence-corrected chi connectivity index (χ2v) is 9.58. The zero-order chi connectivity index (χ0) is 22.0. The molecule has 0 bridgehead atoms. The molecular weight excluding hydrogens is 476 g/mol. The van der Waals surface area contributed by atoms with Gasteiger partial charge in [-0.1, -0.05) is 36.4 Å². The number of halogens is 2. The Hall–Kier alpha value is -2.25. The lowest BCUT2D eigenvalue weighted by molar-refractivity contribution is 0.210. The third-order valence-electron chi connectivity index (χ3n) is 5.51. The summed E-state index contributed by atoms with van der Waals surface area (Å²) >= 11 is 10.0. The Morgan fingerprint density at radius 1 is 1.35 bits per heavy atom. The predicted octanol–water partition coefficient (Wildman–Crippen LogP) is 5.41. The van der Waals surface area contributed by atoms with Gasteiger partial charge >= 0.3 is 0 Å². The molecule has 4 rings (SSSR count). The van der Waals surface area contributed by atoms with E-state index in [0.717, 1.165) is 59.1 Å². The molecule has 1 atom stereocenters. The average Bonchev–Trinajstić information content (AvgIpc) is 3.13. The first-order chi connectivity index (χ1) is 14.9. The van der Waals surface area contributed by atoms with E-state index in [0.29, 0.717) is 17.0 Å². The van der Waals surface area contributed by atoms with Crippen molar-refractivity contribution in [2.75, 3.05) is 25.0 Å². The molecule has 3 aromatic rings. The number of hydrogen-bond acceptors (Lipinski definition) is 5. The van der Waals surface area contributed by atoms with Gasteiger partial charge < -0.3 is 15.5 Å². The zero-order valence-corrected chi connectivity index (χ0v) is 20.2. The fraction of sp³-hybridized carbons (Fsp3) is 0.391. The molecule has 8 heteroatoms. The first-order valence-corrected chi connectivity index (χ1v) is 11.8. The Labute approximate surface area is 196 Å². The Balaban J connectivity index is 1.54. The van der Waals surface area contributed by atoms with Gasteiger partial charge in [0.1, 0.15) is 5.82 Å². The van der Waals surface area contributed by atoms with Crippen LogP contribution in [-0.4, -0.2) is 45.2 Å². The van der Waals surface area contributed by atoms with Gasteiger partial charge in [-0.25, -0.2) is 4.98 Å². The Morgan fingerprint density at radius 2 is 2.16 bits per heavy atom. The maximum absolute atomic E-state index is 6.44. The monoisotopic (exact) mass is 502 g/mol. The van der Waals surface area contributed by atoms with Crippen molar-refractivity contribution in [1.29, 1.82) is 0 Å². The van der Waals surface area contributed by atoms with E-state index in [4.69, 9.17) is 16.6 Å². The van der Waals surface area contributed by atoms with Crippen LogP contribution in [0.1, 0.15) is 26.7 Å². The van der Waals surface area contributed by atoms with Gasteiger partial charge in [0.05, 0.1) is 22.2 Å². The van der Waals surface area contributed by atoms with Crippen LogP contribution in [0.25, 0.3) is 16.9 Å². The molecule has 2 N–H and O–H groups in total. The van der Waals surface area contributed by atoms with E-state index in [9.17, 15) is 0 Å². The number of piperidine rings is 1. The largest absolute Gasteiger partial charge is 0.370 e. The first-order valence-electron chi connectivity index (χ1n) is 10.7. The molecule has 0 saturated carbocycles. The molecule has 0 aliphatic carbocycles. The number of rotatable bonds is 7. The molecule has 0 radical (unpaired) electrons. The number of nitrogens with zero attached hydrogens (tertiary/aromatic N) is 4. The maximum atomic E-state index is 6.44. The molecule has 0 amide bonds. The van der Waals surface area contributed by atoms with Crippen LogP contribution in [-0.2, 0) is 0 Å². The molecular formula is C23H28BrClN6. The Bertz CT molecular complexity index is 1080. The minimum atomic E-state index is 0.387. The lowest BCUT2D eigenvalue weighted by atomic mass is 9.98. The van der Waals surface area contributed by atoms with E-state index in [-0.39, 0.29) is 0 Å². The van der Waals surface area contributed by atoms with Gasteiger partial charge in [-0.3, -0.25) is 0 Å². The van der Waals surface area contributed by atoms with Crippen molar-refractivity contribution in [3.05, 3.63) is 58.4 Å². The van der Waals surface area contributed by atoms with Crippen molar-refractivity contribution >= 4 is 39.0 Å². The smallest absolute Gasteiger partial charge is 0.172 e. The number of likely N-dealkylation sites (tertiary alicyclic amines) is 1. The van der Waals surface area contributed by atoms with E-state index in [1.165, 1.54) is 6.42 Å². The summed E-state index contributed by atoms with van der Waals surface area (Å²) in [5.41, 5.74) is 2.49. The Morgan fingerprint density at radius 3 is 2.94 bits per heavy atom. The average molecular weight is 504 g/mol. The number of anilines is 1. The van der Waals surface area contributed by atoms with Crippen LogP contribution in [0.15, 0.2) is 53.4 Å². The maximum Gasteiger partial charge on any atom is 0.172 e. The molecule has 1 saturated heterocycles. The second kappa shape index (κ2) is 9.49. The first kappa shape index (κ1) is 22.0. The van der Waals surface area contributed by atoms with Crippen molar-refractivity contribution in [3.63, 3.8) is 0 Å². The molecule has 31 heavy (non-hydrogen) atoms. The molecule has 1 aliphatic rings. The quantitative estimate of drug-likeness (QED) is 0.452. The molecule has 164 valence electrons. The summed E-state index contributed by atoms with van der Waals surface area (Å²) < 4.78 is 2.69. The van der Waals surface area contributed by atoms with Gasteiger partial charge in [-0.05, 0) is 54.6 Å². The van der Waals surface area contributed by atoms with Crippen LogP contribution >= 0.6 is 27.5 Å². The van der Waals surface area contributed by atoms with Crippen LogP contribution in [0.5, 0.6) is 0 Å². The SMILES string of the molecule is C=C(NC(C)C)N1CCCC(CNc2cc(-c3ccccc3Cl)nc3c(Br)cnn23)C1. The fourth-order valence-corrected chi connectivity index (χ4v) is 4.60. The van der Waals surface area contributed by atoms with Crippen molar-refractivity contribution in [1.82, 2.24) is 24.8 Å². The number of nitrogens with one attached hydrogen (secondary N) is 2. The third-order valence-corrected chi connectivity index (χ3v) is 6.40. The summed E-state index contributed by atoms with van der Waals surface area (Å²) in [6.45, 7) is 11.4. The molecule has 1 fully saturated rings. The summed E-state index contributed by atoms with van der Waals surface area (Å²) in [5.74, 6) is 2.44. The van der Waals surface area contributed by atoms with Crippen molar-refractivity contribution in [3.8, 4) is 11.3 Å². The molecule has 2 aromatic heterocycles. The molecule has 6 nitrogen and oxygen atoms in total. The highest BCUT2D eigenvalue weighted by Gasteiger charge is 2.22. The number of hydrogen-bond donors (Lipinski definition) is 2. The lowest BCUT2D eigenvalue weighted by Gasteiger charge is -2.36. The highest BCUT2D eigenvalue weighted by atomic mass is 79.9. The summed E-state index contributed by atoms with van der Waals surface area (Å²) in [6, 6.07) is 10.2. The molecule has 1 aromatic carbocycles. The van der Waals surface area contributed by atoms with Crippen LogP contribution in [0, 0.1) is 5.92 Å². The van der Waals surface area contributed by atoms with Crippen LogP contribution in [0.4, 0.5) is 5.82 Å². The summed E-state index contributed by atoms with van der Waals surface area (Å²) in [4.78, 5) is 7.14. The van der Waals surface area contributed by atoms with E-state index < -0.39 is 0 Å². The molecule has 0 spiro atoms. The number of benzene rings is 1. The van der Waals surface area contributed by atoms with E-state index in [1.807, 2.05) is 34.8 Å². The van der Waals surface area contributed by atoms with Crippen molar-refractivity contribution in [2.24, 2.45) is 5.92 Å². The van der Waals surface area contributed by atoms with Gasteiger partial charge in [-0.2, -0.15) is 9.61 Å². The van der Waals surface area contributed by atoms with E-state index >= 15 is 0 Å². The number of fused-ring (bicyclic) bond motifs is 1. The van der Waals surface area contributed by atoms with Gasteiger partial charge in [0, 0.05) is 42.3 Å². The second-order valence-electron chi connectivity index (χ2n) is 8.32. The molecule has 3 heterocycles. The standard InChI is InChI=1S/C23H28BrClN6/c1-15(2)28-16(3)30-10-6-7-17(14-30)12-26-22-11-21(18-8-4-5-9-20(18)25)29-23-19(24)13-27-31(22)23/h4-5,8-9,11,13,15,17,26,28H,3,6-7,10,12,14H2,1-2H3. The number of aromatic nitrogens is 3. The van der Waals surface area contributed by atoms with Crippen molar-refractivity contribution in [2.45, 2.75) is 32.7 Å². The third kappa shape index (κ3) is 4.99. The minimum absolute atomic E-state index is 0.387. The predicted molar refractivity (Wildman–Crippen MR) is 131 cm³/mol. The van der Waals surface area contributed by atoms with Gasteiger partial charge in [0.25, 0.3) is 0 Å².